The molecule has 3 rings (SSSR count). The van der Waals surface area contributed by atoms with E-state index in [1.54, 1.807) is 6.92 Å². The van der Waals surface area contributed by atoms with Crippen molar-refractivity contribution in [1.29, 1.82) is 0 Å². The Morgan fingerprint density at radius 3 is 2.19 bits per heavy atom. The van der Waals surface area contributed by atoms with E-state index >= 15 is 0 Å². The van der Waals surface area contributed by atoms with E-state index in [2.05, 4.69) is 49.1 Å². The predicted octanol–water partition coefficient (Wildman–Crippen LogP) is 4.84. The fourth-order valence-corrected chi connectivity index (χ4v) is 3.23. The molecule has 3 aromatic rings. The van der Waals surface area contributed by atoms with Crippen LogP contribution in [0.3, 0.4) is 0 Å². The molecule has 3 heteroatoms. The van der Waals surface area contributed by atoms with Gasteiger partial charge in [-0.05, 0) is 37.8 Å². The van der Waals surface area contributed by atoms with Gasteiger partial charge < -0.3 is 9.84 Å². The molecular weight excluding hydrogens is 322 g/mol. The van der Waals surface area contributed by atoms with E-state index in [-0.39, 0.29) is 6.04 Å². The minimum Gasteiger partial charge on any atom is -0.472 e. The molecule has 0 heterocycles. The number of hydrogen-bond donors (Lipinski definition) is 1. The maximum absolute atomic E-state index is 10.5. The van der Waals surface area contributed by atoms with Crippen molar-refractivity contribution < 1.29 is 9.84 Å². The zero-order valence-electron chi connectivity index (χ0n) is 15.7. The monoisotopic (exact) mass is 349 g/mol. The molecule has 0 aliphatic carbocycles. The molecule has 2 unspecified atom stereocenters. The summed E-state index contributed by atoms with van der Waals surface area (Å²) >= 11 is 0. The average molecular weight is 349 g/mol. The first-order valence-electron chi connectivity index (χ1n) is 9.18. The molecule has 0 saturated heterocycles. The molecule has 136 valence electrons. The Hall–Kier alpha value is -2.36. The van der Waals surface area contributed by atoms with Crippen LogP contribution < -0.4 is 4.74 Å². The van der Waals surface area contributed by atoms with Gasteiger partial charge in [0.25, 0.3) is 0 Å². The highest BCUT2D eigenvalue weighted by molar-refractivity contribution is 5.88. The van der Waals surface area contributed by atoms with Crippen molar-refractivity contribution in [3.8, 4) is 5.75 Å². The molecule has 3 nitrogen and oxygen atoms in total. The van der Waals surface area contributed by atoms with E-state index in [0.29, 0.717) is 0 Å². The van der Waals surface area contributed by atoms with Gasteiger partial charge in [0.05, 0.1) is 0 Å². The minimum absolute atomic E-state index is 0.227. The number of fused-ring (bicyclic) bond motifs is 1. The van der Waals surface area contributed by atoms with Gasteiger partial charge in [-0.1, -0.05) is 66.7 Å². The van der Waals surface area contributed by atoms with E-state index in [0.717, 1.165) is 23.1 Å². The van der Waals surface area contributed by atoms with Crippen LogP contribution in [0, 0.1) is 0 Å². The third-order valence-electron chi connectivity index (χ3n) is 4.61. The standard InChI is InChI=1S/C23H27NO2/c1-17(2)24(16-19-10-5-4-6-11-19)23(18(3)25)26-22-15-9-13-20-12-7-8-14-21(20)22/h4-15,17-18,23,25H,16H2,1-3H3. The van der Waals surface area contributed by atoms with Gasteiger partial charge in [0, 0.05) is 18.0 Å². The Bertz CT molecular complexity index is 824. The maximum atomic E-state index is 10.5. The van der Waals surface area contributed by atoms with E-state index in [1.165, 1.54) is 5.56 Å². The molecule has 0 spiro atoms. The highest BCUT2D eigenvalue weighted by Gasteiger charge is 2.28. The normalized spacial score (nSPS) is 13.9. The van der Waals surface area contributed by atoms with Crippen LogP contribution in [-0.2, 0) is 6.54 Å². The zero-order valence-corrected chi connectivity index (χ0v) is 15.7. The zero-order chi connectivity index (χ0) is 18.5. The molecule has 3 aromatic carbocycles. The summed E-state index contributed by atoms with van der Waals surface area (Å²) in [5.41, 5.74) is 1.20. The van der Waals surface area contributed by atoms with E-state index in [1.807, 2.05) is 42.5 Å². The summed E-state index contributed by atoms with van der Waals surface area (Å²) in [5.74, 6) is 0.799. The molecule has 0 saturated carbocycles. The summed E-state index contributed by atoms with van der Waals surface area (Å²) in [4.78, 5) is 2.20. The van der Waals surface area contributed by atoms with Crippen molar-refractivity contribution in [2.75, 3.05) is 0 Å². The lowest BCUT2D eigenvalue weighted by Crippen LogP contribution is -2.49. The topological polar surface area (TPSA) is 32.7 Å². The van der Waals surface area contributed by atoms with Crippen LogP contribution >= 0.6 is 0 Å². The van der Waals surface area contributed by atoms with Crippen LogP contribution in [0.2, 0.25) is 0 Å². The van der Waals surface area contributed by atoms with Gasteiger partial charge in [-0.15, -0.1) is 0 Å². The quantitative estimate of drug-likeness (QED) is 0.620. The highest BCUT2D eigenvalue weighted by atomic mass is 16.5. The third kappa shape index (κ3) is 4.24. The average Bonchev–Trinajstić information content (AvgIpc) is 2.65. The van der Waals surface area contributed by atoms with Crippen molar-refractivity contribution in [2.24, 2.45) is 0 Å². The number of ether oxygens (including phenoxy) is 1. The van der Waals surface area contributed by atoms with Crippen molar-refractivity contribution in [3.05, 3.63) is 78.4 Å². The Kier molecular flexibility index (Phi) is 5.92. The predicted molar refractivity (Wildman–Crippen MR) is 107 cm³/mol. The van der Waals surface area contributed by atoms with Crippen LogP contribution in [-0.4, -0.2) is 28.4 Å². The Morgan fingerprint density at radius 2 is 1.50 bits per heavy atom. The molecule has 0 aliphatic heterocycles. The van der Waals surface area contributed by atoms with Crippen LogP contribution in [0.5, 0.6) is 5.75 Å². The number of benzene rings is 3. The molecule has 0 amide bonds. The lowest BCUT2D eigenvalue weighted by Gasteiger charge is -2.36. The summed E-state index contributed by atoms with van der Waals surface area (Å²) in [5, 5.41) is 12.7. The van der Waals surface area contributed by atoms with E-state index in [9.17, 15) is 5.11 Å². The van der Waals surface area contributed by atoms with Gasteiger partial charge in [-0.2, -0.15) is 0 Å². The molecule has 1 N–H and O–H groups in total. The number of rotatable bonds is 7. The number of aliphatic hydroxyl groups excluding tert-OH is 1. The van der Waals surface area contributed by atoms with Gasteiger partial charge >= 0.3 is 0 Å². The summed E-state index contributed by atoms with van der Waals surface area (Å²) in [6.07, 6.45) is -1.05. The molecule has 2 atom stereocenters. The van der Waals surface area contributed by atoms with Crippen molar-refractivity contribution >= 4 is 10.8 Å². The lowest BCUT2D eigenvalue weighted by molar-refractivity contribution is -0.0757. The summed E-state index contributed by atoms with van der Waals surface area (Å²) < 4.78 is 6.36. The second-order valence-electron chi connectivity index (χ2n) is 6.98. The molecule has 0 fully saturated rings. The summed E-state index contributed by atoms with van der Waals surface area (Å²) in [6, 6.07) is 24.7. The van der Waals surface area contributed by atoms with Gasteiger partial charge in [0.2, 0.25) is 0 Å². The first kappa shape index (κ1) is 18.4. The van der Waals surface area contributed by atoms with Gasteiger partial charge in [-0.25, -0.2) is 0 Å². The van der Waals surface area contributed by atoms with E-state index < -0.39 is 12.3 Å². The Balaban J connectivity index is 1.91. The molecule has 0 bridgehead atoms. The maximum Gasteiger partial charge on any atom is 0.179 e. The highest BCUT2D eigenvalue weighted by Crippen LogP contribution is 2.28. The smallest absolute Gasteiger partial charge is 0.179 e. The van der Waals surface area contributed by atoms with Gasteiger partial charge in [0.1, 0.15) is 11.9 Å². The van der Waals surface area contributed by atoms with Crippen molar-refractivity contribution in [3.63, 3.8) is 0 Å². The molecule has 0 radical (unpaired) electrons. The fraction of sp³-hybridized carbons (Fsp3) is 0.304. The van der Waals surface area contributed by atoms with Gasteiger partial charge in [0.15, 0.2) is 6.23 Å². The molecular formula is C23H27NO2. The Labute approximate surface area is 155 Å². The first-order chi connectivity index (χ1) is 12.6. The SMILES string of the molecule is CC(O)C(Oc1cccc2ccccc12)N(Cc1ccccc1)C(C)C. The van der Waals surface area contributed by atoms with Gasteiger partial charge in [-0.3, -0.25) is 4.90 Å². The van der Waals surface area contributed by atoms with Crippen LogP contribution in [0.15, 0.2) is 72.8 Å². The largest absolute Gasteiger partial charge is 0.472 e. The van der Waals surface area contributed by atoms with Crippen molar-refractivity contribution in [2.45, 2.75) is 45.7 Å². The number of aliphatic hydroxyl groups is 1. The summed E-state index contributed by atoms with van der Waals surface area (Å²) in [6.45, 7) is 6.77. The van der Waals surface area contributed by atoms with Crippen molar-refractivity contribution in [1.82, 2.24) is 4.90 Å². The minimum atomic E-state index is -0.625. The first-order valence-corrected chi connectivity index (χ1v) is 9.18. The molecule has 0 aliphatic rings. The molecule has 26 heavy (non-hydrogen) atoms. The molecule has 0 aromatic heterocycles. The van der Waals surface area contributed by atoms with E-state index in [4.69, 9.17) is 4.74 Å². The number of nitrogens with zero attached hydrogens (tertiary/aromatic N) is 1. The fourth-order valence-electron chi connectivity index (χ4n) is 3.23. The van der Waals surface area contributed by atoms with Crippen LogP contribution in [0.1, 0.15) is 26.3 Å². The van der Waals surface area contributed by atoms with Crippen LogP contribution in [0.4, 0.5) is 0 Å². The number of hydrogen-bond acceptors (Lipinski definition) is 3. The third-order valence-corrected chi connectivity index (χ3v) is 4.61. The van der Waals surface area contributed by atoms with Crippen LogP contribution in [0.25, 0.3) is 10.8 Å². The Morgan fingerprint density at radius 1 is 0.846 bits per heavy atom. The lowest BCUT2D eigenvalue weighted by atomic mass is 10.1. The second kappa shape index (κ2) is 8.35. The second-order valence-corrected chi connectivity index (χ2v) is 6.98. The summed E-state index contributed by atoms with van der Waals surface area (Å²) in [7, 11) is 0.